The number of aromatic nitrogens is 5. The molecule has 0 unspecified atom stereocenters. The lowest BCUT2D eigenvalue weighted by molar-refractivity contribution is 0.576. The minimum absolute atomic E-state index is 0.0492. The average Bonchev–Trinajstić information content (AvgIpc) is 3.03. The van der Waals surface area contributed by atoms with Crippen molar-refractivity contribution in [1.29, 1.82) is 0 Å². The summed E-state index contributed by atoms with van der Waals surface area (Å²) < 4.78 is 27.1. The Morgan fingerprint density at radius 3 is 2.75 bits per heavy atom. The maximum Gasteiger partial charge on any atom is 0.244 e. The fourth-order valence-electron chi connectivity index (χ4n) is 1.74. The third kappa shape index (κ3) is 3.21. The summed E-state index contributed by atoms with van der Waals surface area (Å²) >= 11 is 0. The Labute approximate surface area is 116 Å². The van der Waals surface area contributed by atoms with Crippen molar-refractivity contribution in [3.05, 3.63) is 23.5 Å². The SMILES string of the molecule is CCNCc1n[nH]c(C)c1S(=O)(=O)NCc1ncn[nH]1. The number of aryl methyl sites for hydroxylation is 1. The minimum Gasteiger partial charge on any atom is -0.311 e. The maximum absolute atomic E-state index is 12.3. The molecular formula is C10H17N7O2S. The molecule has 10 heteroatoms. The average molecular weight is 299 g/mol. The Balaban J connectivity index is 2.18. The van der Waals surface area contributed by atoms with E-state index in [4.69, 9.17) is 0 Å². The van der Waals surface area contributed by atoms with Crippen LogP contribution in [0.1, 0.15) is 24.1 Å². The van der Waals surface area contributed by atoms with Crippen molar-refractivity contribution in [1.82, 2.24) is 35.4 Å². The first kappa shape index (κ1) is 14.6. The lowest BCUT2D eigenvalue weighted by Gasteiger charge is -2.07. The van der Waals surface area contributed by atoms with E-state index in [-0.39, 0.29) is 11.4 Å². The number of hydrogen-bond acceptors (Lipinski definition) is 6. The summed E-state index contributed by atoms with van der Waals surface area (Å²) in [5, 5.41) is 16.0. The molecule has 2 heterocycles. The van der Waals surface area contributed by atoms with Crippen LogP contribution < -0.4 is 10.0 Å². The smallest absolute Gasteiger partial charge is 0.244 e. The van der Waals surface area contributed by atoms with E-state index in [0.717, 1.165) is 6.54 Å². The van der Waals surface area contributed by atoms with E-state index in [2.05, 4.69) is 35.4 Å². The molecule has 0 bridgehead atoms. The quantitative estimate of drug-likeness (QED) is 0.541. The Kier molecular flexibility index (Phi) is 4.47. The standard InChI is InChI=1S/C10H17N7O2S/c1-3-11-4-8-10(7(2)15-16-8)20(18,19)14-5-9-12-6-13-17-9/h6,11,14H,3-5H2,1-2H3,(H,15,16)(H,12,13,17). The third-order valence-corrected chi connectivity index (χ3v) is 4.27. The summed E-state index contributed by atoms with van der Waals surface area (Å²) in [6, 6.07) is 0. The van der Waals surface area contributed by atoms with Crippen LogP contribution in [0.3, 0.4) is 0 Å². The second kappa shape index (κ2) is 6.11. The van der Waals surface area contributed by atoms with Crippen molar-refractivity contribution in [3.8, 4) is 0 Å². The van der Waals surface area contributed by atoms with Gasteiger partial charge >= 0.3 is 0 Å². The minimum atomic E-state index is -3.66. The Morgan fingerprint density at radius 1 is 1.30 bits per heavy atom. The van der Waals surface area contributed by atoms with Crippen molar-refractivity contribution < 1.29 is 8.42 Å². The summed E-state index contributed by atoms with van der Waals surface area (Å²) in [6.07, 6.45) is 1.32. The molecule has 0 aromatic carbocycles. The van der Waals surface area contributed by atoms with Crippen LogP contribution in [0, 0.1) is 6.92 Å². The van der Waals surface area contributed by atoms with E-state index in [0.29, 0.717) is 23.8 Å². The van der Waals surface area contributed by atoms with E-state index < -0.39 is 10.0 Å². The van der Waals surface area contributed by atoms with Gasteiger partial charge in [-0.2, -0.15) is 10.2 Å². The van der Waals surface area contributed by atoms with Crippen molar-refractivity contribution in [2.75, 3.05) is 6.54 Å². The second-order valence-electron chi connectivity index (χ2n) is 4.16. The number of nitrogens with zero attached hydrogens (tertiary/aromatic N) is 3. The van der Waals surface area contributed by atoms with E-state index in [1.54, 1.807) is 6.92 Å². The molecule has 2 aromatic heterocycles. The van der Waals surface area contributed by atoms with Crippen LogP contribution in [-0.2, 0) is 23.1 Å². The van der Waals surface area contributed by atoms with Gasteiger partial charge in [-0.1, -0.05) is 6.92 Å². The van der Waals surface area contributed by atoms with E-state index in [1.807, 2.05) is 6.92 Å². The first-order valence-electron chi connectivity index (χ1n) is 6.13. The van der Waals surface area contributed by atoms with Gasteiger partial charge in [0.15, 0.2) is 0 Å². The largest absolute Gasteiger partial charge is 0.311 e. The Hall–Kier alpha value is -1.78. The van der Waals surface area contributed by atoms with E-state index in [9.17, 15) is 8.42 Å². The van der Waals surface area contributed by atoms with Gasteiger partial charge in [-0.25, -0.2) is 18.1 Å². The monoisotopic (exact) mass is 299 g/mol. The highest BCUT2D eigenvalue weighted by atomic mass is 32.2. The second-order valence-corrected chi connectivity index (χ2v) is 5.87. The zero-order valence-corrected chi connectivity index (χ0v) is 12.1. The van der Waals surface area contributed by atoms with Gasteiger partial charge in [0.1, 0.15) is 17.0 Å². The molecule has 2 rings (SSSR count). The zero-order valence-electron chi connectivity index (χ0n) is 11.3. The molecule has 20 heavy (non-hydrogen) atoms. The molecule has 0 saturated heterocycles. The number of H-pyrrole nitrogens is 2. The van der Waals surface area contributed by atoms with Crippen molar-refractivity contribution in [3.63, 3.8) is 0 Å². The fourth-order valence-corrected chi connectivity index (χ4v) is 3.09. The molecule has 0 aliphatic rings. The van der Waals surface area contributed by atoms with Crippen LogP contribution >= 0.6 is 0 Å². The van der Waals surface area contributed by atoms with Crippen LogP contribution in [-0.4, -0.2) is 40.3 Å². The maximum atomic E-state index is 12.3. The van der Waals surface area contributed by atoms with Crippen LogP contribution in [0.4, 0.5) is 0 Å². The highest BCUT2D eigenvalue weighted by Crippen LogP contribution is 2.17. The van der Waals surface area contributed by atoms with Crippen molar-refractivity contribution in [2.24, 2.45) is 0 Å². The molecule has 0 amide bonds. The van der Waals surface area contributed by atoms with Crippen molar-refractivity contribution in [2.45, 2.75) is 31.8 Å². The topological polar surface area (TPSA) is 128 Å². The van der Waals surface area contributed by atoms with Gasteiger partial charge in [-0.15, -0.1) is 0 Å². The molecule has 4 N–H and O–H groups in total. The molecule has 0 aliphatic carbocycles. The number of sulfonamides is 1. The fraction of sp³-hybridized carbons (Fsp3) is 0.500. The summed E-state index contributed by atoms with van der Waals surface area (Å²) in [4.78, 5) is 4.04. The summed E-state index contributed by atoms with van der Waals surface area (Å²) in [7, 11) is -3.66. The predicted molar refractivity (Wildman–Crippen MR) is 71.1 cm³/mol. The number of rotatable bonds is 7. The number of hydrogen-bond donors (Lipinski definition) is 4. The van der Waals surface area contributed by atoms with Crippen LogP contribution in [0.25, 0.3) is 0 Å². The van der Waals surface area contributed by atoms with Gasteiger partial charge in [-0.05, 0) is 13.5 Å². The Morgan fingerprint density at radius 2 is 2.10 bits per heavy atom. The molecule has 0 atom stereocenters. The molecule has 110 valence electrons. The van der Waals surface area contributed by atoms with E-state index >= 15 is 0 Å². The lowest BCUT2D eigenvalue weighted by atomic mass is 10.3. The molecule has 0 saturated carbocycles. The van der Waals surface area contributed by atoms with Crippen LogP contribution in [0.2, 0.25) is 0 Å². The molecule has 0 aliphatic heterocycles. The highest BCUT2D eigenvalue weighted by Gasteiger charge is 2.24. The molecular weight excluding hydrogens is 282 g/mol. The van der Waals surface area contributed by atoms with Crippen LogP contribution in [0.5, 0.6) is 0 Å². The number of nitrogens with one attached hydrogen (secondary N) is 4. The molecule has 0 radical (unpaired) electrons. The van der Waals surface area contributed by atoms with Gasteiger partial charge in [0, 0.05) is 6.54 Å². The van der Waals surface area contributed by atoms with E-state index in [1.165, 1.54) is 6.33 Å². The van der Waals surface area contributed by atoms with Crippen LogP contribution in [0.15, 0.2) is 11.2 Å². The van der Waals surface area contributed by atoms with Crippen molar-refractivity contribution >= 4 is 10.0 Å². The predicted octanol–water partition coefficient (Wildman–Crippen LogP) is -0.576. The molecule has 0 fully saturated rings. The first-order valence-corrected chi connectivity index (χ1v) is 7.61. The first-order chi connectivity index (χ1) is 9.54. The van der Waals surface area contributed by atoms with Gasteiger partial charge in [-0.3, -0.25) is 10.2 Å². The molecule has 0 spiro atoms. The summed E-state index contributed by atoms with van der Waals surface area (Å²) in [5.41, 5.74) is 0.970. The molecule has 2 aromatic rings. The normalized spacial score (nSPS) is 11.9. The van der Waals surface area contributed by atoms with Gasteiger partial charge in [0.2, 0.25) is 10.0 Å². The summed E-state index contributed by atoms with van der Waals surface area (Å²) in [6.45, 7) is 4.78. The summed E-state index contributed by atoms with van der Waals surface area (Å²) in [5.74, 6) is 0.447. The Bertz CT molecular complexity index is 647. The highest BCUT2D eigenvalue weighted by molar-refractivity contribution is 7.89. The number of aromatic amines is 2. The van der Waals surface area contributed by atoms with Gasteiger partial charge < -0.3 is 5.32 Å². The lowest BCUT2D eigenvalue weighted by Crippen LogP contribution is -2.26. The van der Waals surface area contributed by atoms with Gasteiger partial charge in [0.25, 0.3) is 0 Å². The zero-order chi connectivity index (χ0) is 14.6. The molecule has 9 nitrogen and oxygen atoms in total. The third-order valence-electron chi connectivity index (χ3n) is 2.67. The van der Waals surface area contributed by atoms with Gasteiger partial charge in [0.05, 0.1) is 17.9 Å².